The largest absolute Gasteiger partial charge is 0.462 e. The van der Waals surface area contributed by atoms with E-state index >= 15 is 0 Å². The van der Waals surface area contributed by atoms with Crippen molar-refractivity contribution in [2.75, 3.05) is 24.2 Å². The van der Waals surface area contributed by atoms with Gasteiger partial charge in [0, 0.05) is 30.5 Å². The van der Waals surface area contributed by atoms with Gasteiger partial charge in [-0.25, -0.2) is 9.59 Å². The van der Waals surface area contributed by atoms with Crippen molar-refractivity contribution in [2.24, 2.45) is 7.05 Å². The van der Waals surface area contributed by atoms with Crippen LogP contribution < -0.4 is 15.6 Å². The van der Waals surface area contributed by atoms with Gasteiger partial charge in [-0.2, -0.15) is 0 Å². The van der Waals surface area contributed by atoms with E-state index in [4.69, 9.17) is 4.74 Å². The molecule has 2 aromatic heterocycles. The zero-order valence-electron chi connectivity index (χ0n) is 16.9. The summed E-state index contributed by atoms with van der Waals surface area (Å²) in [5.74, 6) is -0.428. The van der Waals surface area contributed by atoms with Crippen molar-refractivity contribution in [3.63, 3.8) is 0 Å². The Kier molecular flexibility index (Phi) is 6.98. The van der Waals surface area contributed by atoms with Crippen LogP contribution in [-0.4, -0.2) is 46.9 Å². The monoisotopic (exact) mass is 455 g/mol. The third-order valence-corrected chi connectivity index (χ3v) is 6.81. The molecule has 3 rings (SSSR count). The van der Waals surface area contributed by atoms with Gasteiger partial charge in [0.15, 0.2) is 7.05 Å². The van der Waals surface area contributed by atoms with Gasteiger partial charge in [-0.05, 0) is 35.9 Å². The Balaban J connectivity index is 1.72. The van der Waals surface area contributed by atoms with Gasteiger partial charge in [0.05, 0.1) is 18.7 Å². The minimum absolute atomic E-state index is 0.0308. The van der Waals surface area contributed by atoms with Crippen molar-refractivity contribution in [1.82, 2.24) is 10.2 Å². The Labute approximate surface area is 180 Å². The molecule has 10 nitrogen and oxygen atoms in total. The number of fused-ring (bicyclic) bond motifs is 1. The Hall–Kier alpha value is -2.60. The number of rotatable bonds is 7. The number of hydrogen-bond donors (Lipinski definition) is 2. The van der Waals surface area contributed by atoms with E-state index in [1.54, 1.807) is 18.9 Å². The number of aryl methyl sites for hydroxylation is 1. The summed E-state index contributed by atoms with van der Waals surface area (Å²) in [5, 5.41) is 6.02. The summed E-state index contributed by atoms with van der Waals surface area (Å²) in [7, 11) is 1.64. The molecule has 0 saturated carbocycles. The molecule has 2 amide bonds. The second-order valence-electron chi connectivity index (χ2n) is 6.61. The Morgan fingerprint density at radius 3 is 2.80 bits per heavy atom. The van der Waals surface area contributed by atoms with E-state index in [2.05, 4.69) is 15.1 Å². The van der Waals surface area contributed by atoms with Crippen LogP contribution >= 0.6 is 23.1 Å². The topological polar surface area (TPSA) is 126 Å². The van der Waals surface area contributed by atoms with E-state index in [9.17, 15) is 19.2 Å². The number of H-pyrrole nitrogens is 1. The van der Waals surface area contributed by atoms with Crippen LogP contribution in [0.3, 0.4) is 0 Å². The third kappa shape index (κ3) is 4.75. The lowest BCUT2D eigenvalue weighted by Crippen LogP contribution is -2.34. The molecule has 0 bridgehead atoms. The van der Waals surface area contributed by atoms with E-state index < -0.39 is 11.6 Å². The van der Waals surface area contributed by atoms with Gasteiger partial charge in [0.2, 0.25) is 11.8 Å². The number of anilines is 1. The molecule has 30 heavy (non-hydrogen) atoms. The second-order valence-corrected chi connectivity index (χ2v) is 8.80. The molecule has 0 aromatic carbocycles. The van der Waals surface area contributed by atoms with Gasteiger partial charge >= 0.3 is 16.6 Å². The van der Waals surface area contributed by atoms with Gasteiger partial charge in [-0.3, -0.25) is 14.1 Å². The molecule has 0 fully saturated rings. The number of thiophene rings is 1. The van der Waals surface area contributed by atoms with E-state index in [0.717, 1.165) is 10.4 Å². The maximum absolute atomic E-state index is 12.5. The summed E-state index contributed by atoms with van der Waals surface area (Å²) in [6.07, 6.45) is 0.671. The Bertz CT molecular complexity index is 1020. The zero-order chi connectivity index (χ0) is 21.8. The fourth-order valence-corrected chi connectivity index (χ4v) is 5.24. The molecule has 2 aromatic rings. The Morgan fingerprint density at radius 1 is 1.40 bits per heavy atom. The number of ether oxygens (including phenoxy) is 1. The van der Waals surface area contributed by atoms with Crippen molar-refractivity contribution >= 4 is 45.9 Å². The Morgan fingerprint density at radius 2 is 2.17 bits per heavy atom. The number of nitrogens with zero attached hydrogens (tertiary/aromatic N) is 2. The number of thioether (sulfide) groups is 1. The quantitative estimate of drug-likeness (QED) is 0.363. The highest BCUT2D eigenvalue weighted by molar-refractivity contribution is 7.99. The molecule has 12 heteroatoms. The summed E-state index contributed by atoms with van der Waals surface area (Å²) in [4.78, 5) is 50.9. The molecular weight excluding hydrogens is 432 g/mol. The van der Waals surface area contributed by atoms with Crippen LogP contribution in [0.25, 0.3) is 0 Å². The lowest BCUT2D eigenvalue weighted by atomic mass is 10.0. The maximum atomic E-state index is 12.5. The first-order chi connectivity index (χ1) is 14.3. The minimum atomic E-state index is -0.492. The molecule has 0 atom stereocenters. The third-order valence-electron chi connectivity index (χ3n) is 4.56. The SMILES string of the molecule is CCOC(=O)c1c(NC(=O)CCSc2c(=O)o[nH][n+]2C)sc2c1CCN(C(C)=O)C2. The van der Waals surface area contributed by atoms with Crippen LogP contribution in [0.4, 0.5) is 5.00 Å². The number of aromatic nitrogens is 2. The van der Waals surface area contributed by atoms with Gasteiger partial charge < -0.3 is 15.0 Å². The van der Waals surface area contributed by atoms with Crippen LogP contribution in [-0.2, 0) is 34.3 Å². The fraction of sp³-hybridized carbons (Fsp3) is 0.500. The van der Waals surface area contributed by atoms with Crippen LogP contribution in [0.1, 0.15) is 41.1 Å². The number of nitrogens with one attached hydrogen (secondary N) is 2. The number of esters is 1. The highest BCUT2D eigenvalue weighted by atomic mass is 32.2. The summed E-state index contributed by atoms with van der Waals surface area (Å²) < 4.78 is 11.3. The standard InChI is InChI=1S/C18H22N4O6S2/c1-4-27-17(25)14-11-5-7-22(10(2)23)9-12(11)30-15(14)19-13(24)6-8-29-16-18(26)28-20-21(16)3/h4-9H2,1-3H3,(H-,19,20,24,25,26)/p+1. The van der Waals surface area contributed by atoms with Gasteiger partial charge in [-0.1, -0.05) is 4.68 Å². The number of aromatic amines is 1. The minimum Gasteiger partial charge on any atom is -0.462 e. The summed E-state index contributed by atoms with van der Waals surface area (Å²) in [6, 6.07) is 0. The highest BCUT2D eigenvalue weighted by Gasteiger charge is 2.30. The van der Waals surface area contributed by atoms with Crippen LogP contribution in [0.2, 0.25) is 0 Å². The molecule has 0 aliphatic carbocycles. The second kappa shape index (κ2) is 9.47. The number of carbonyl (C=O) groups excluding carboxylic acids is 3. The molecule has 0 radical (unpaired) electrons. The van der Waals surface area contributed by atoms with Gasteiger partial charge in [0.1, 0.15) is 5.00 Å². The van der Waals surface area contributed by atoms with Crippen molar-refractivity contribution < 1.29 is 28.3 Å². The maximum Gasteiger partial charge on any atom is 0.441 e. The van der Waals surface area contributed by atoms with Gasteiger partial charge in [0.25, 0.3) is 0 Å². The average molecular weight is 456 g/mol. The lowest BCUT2D eigenvalue weighted by Gasteiger charge is -2.25. The normalized spacial score (nSPS) is 13.1. The predicted octanol–water partition coefficient (Wildman–Crippen LogP) is 1.06. The first-order valence-corrected chi connectivity index (χ1v) is 11.2. The highest BCUT2D eigenvalue weighted by Crippen LogP contribution is 2.37. The predicted molar refractivity (Wildman–Crippen MR) is 110 cm³/mol. The first kappa shape index (κ1) is 22.1. The van der Waals surface area contributed by atoms with Crippen LogP contribution in [0, 0.1) is 0 Å². The van der Waals surface area contributed by atoms with Crippen LogP contribution in [0.15, 0.2) is 14.3 Å². The van der Waals surface area contributed by atoms with Crippen molar-refractivity contribution in [3.8, 4) is 0 Å². The molecule has 1 aliphatic rings. The summed E-state index contributed by atoms with van der Waals surface area (Å²) in [6.45, 7) is 4.39. The van der Waals surface area contributed by atoms with Crippen molar-refractivity contribution in [2.45, 2.75) is 38.3 Å². The molecule has 0 spiro atoms. The molecule has 0 saturated heterocycles. The van der Waals surface area contributed by atoms with E-state index in [1.807, 2.05) is 0 Å². The molecule has 162 valence electrons. The number of amides is 2. The molecule has 1 aliphatic heterocycles. The van der Waals surface area contributed by atoms with E-state index in [-0.39, 0.29) is 24.8 Å². The molecule has 0 unspecified atom stereocenters. The smallest absolute Gasteiger partial charge is 0.441 e. The van der Waals surface area contributed by atoms with Crippen molar-refractivity contribution in [3.05, 3.63) is 26.4 Å². The summed E-state index contributed by atoms with van der Waals surface area (Å²) in [5.41, 5.74) is 0.713. The molecular formula is C18H23N4O6S2+. The van der Waals surface area contributed by atoms with Crippen molar-refractivity contribution in [1.29, 1.82) is 0 Å². The van der Waals surface area contributed by atoms with E-state index in [1.165, 1.54) is 34.7 Å². The number of hydrogen-bond acceptors (Lipinski definition) is 8. The zero-order valence-corrected chi connectivity index (χ0v) is 18.5. The summed E-state index contributed by atoms with van der Waals surface area (Å²) >= 11 is 2.50. The molecule has 2 N–H and O–H groups in total. The van der Waals surface area contributed by atoms with Gasteiger partial charge in [-0.15, -0.1) is 11.3 Å². The average Bonchev–Trinajstić information content (AvgIpc) is 3.21. The number of carbonyl (C=O) groups is 3. The fourth-order valence-electron chi connectivity index (χ4n) is 3.10. The van der Waals surface area contributed by atoms with E-state index in [0.29, 0.717) is 40.9 Å². The molecule has 3 heterocycles. The lowest BCUT2D eigenvalue weighted by molar-refractivity contribution is -0.772. The first-order valence-electron chi connectivity index (χ1n) is 9.39. The van der Waals surface area contributed by atoms with Crippen LogP contribution in [0.5, 0.6) is 0 Å².